The number of aromatic nitrogens is 1. The van der Waals surface area contributed by atoms with Crippen LogP contribution in [0.3, 0.4) is 0 Å². The number of pyridine rings is 1. The van der Waals surface area contributed by atoms with Crippen LogP contribution in [0.25, 0.3) is 21.8 Å². The molecular weight excluding hydrogens is 391 g/mol. The van der Waals surface area contributed by atoms with Crippen molar-refractivity contribution in [2.75, 3.05) is 25.0 Å². The van der Waals surface area contributed by atoms with E-state index in [-0.39, 0.29) is 11.8 Å². The standard InChI is InChI=1S/C23H28F3N3O/c1-4-29(5-2)14-8-9-16(3)27-22-18-10-6-7-11-20(18)28-21-13-12-17(15-19(21)22)30-23(24,25)26/h6-7,10-13,15-16H,4-5,8-9,14H2,1-3H3,(H,27,28). The van der Waals surface area contributed by atoms with Gasteiger partial charge in [-0.1, -0.05) is 32.0 Å². The molecule has 3 aromatic rings. The highest BCUT2D eigenvalue weighted by molar-refractivity contribution is 6.07. The topological polar surface area (TPSA) is 37.4 Å². The van der Waals surface area contributed by atoms with Crippen molar-refractivity contribution < 1.29 is 17.9 Å². The van der Waals surface area contributed by atoms with E-state index in [1.807, 2.05) is 24.3 Å². The van der Waals surface area contributed by atoms with Crippen LogP contribution in [-0.2, 0) is 0 Å². The molecule has 1 atom stereocenters. The molecule has 0 aliphatic heterocycles. The SMILES string of the molecule is CCN(CC)CCCC(C)Nc1c2ccccc2nc2ccc(OC(F)(F)F)cc12. The molecule has 0 saturated heterocycles. The lowest BCUT2D eigenvalue weighted by Gasteiger charge is -2.22. The minimum Gasteiger partial charge on any atom is -0.406 e. The molecule has 0 radical (unpaired) electrons. The molecule has 0 fully saturated rings. The van der Waals surface area contributed by atoms with E-state index in [2.05, 4.69) is 40.7 Å². The molecule has 0 amide bonds. The number of hydrogen-bond donors (Lipinski definition) is 1. The van der Waals surface area contributed by atoms with Gasteiger partial charge in [0.05, 0.1) is 16.7 Å². The Morgan fingerprint density at radius 3 is 2.43 bits per heavy atom. The van der Waals surface area contributed by atoms with Crippen LogP contribution in [0.4, 0.5) is 18.9 Å². The van der Waals surface area contributed by atoms with E-state index in [4.69, 9.17) is 0 Å². The van der Waals surface area contributed by atoms with Gasteiger partial charge in [-0.2, -0.15) is 0 Å². The summed E-state index contributed by atoms with van der Waals surface area (Å²) in [5.41, 5.74) is 2.21. The molecule has 2 aromatic carbocycles. The first-order valence-corrected chi connectivity index (χ1v) is 10.4. The number of anilines is 1. The molecule has 1 heterocycles. The molecule has 1 unspecified atom stereocenters. The van der Waals surface area contributed by atoms with Crippen LogP contribution >= 0.6 is 0 Å². The first kappa shape index (κ1) is 22.2. The van der Waals surface area contributed by atoms with Crippen LogP contribution in [0.1, 0.15) is 33.6 Å². The van der Waals surface area contributed by atoms with Crippen molar-refractivity contribution in [3.8, 4) is 5.75 Å². The van der Waals surface area contributed by atoms with Gasteiger partial charge in [-0.25, -0.2) is 4.98 Å². The summed E-state index contributed by atoms with van der Waals surface area (Å²) in [4.78, 5) is 6.99. The minimum atomic E-state index is -4.73. The summed E-state index contributed by atoms with van der Waals surface area (Å²) < 4.78 is 42.3. The number of nitrogens with zero attached hydrogens (tertiary/aromatic N) is 2. The van der Waals surface area contributed by atoms with Crippen LogP contribution in [0.15, 0.2) is 42.5 Å². The molecule has 162 valence electrons. The molecule has 30 heavy (non-hydrogen) atoms. The second kappa shape index (κ2) is 9.51. The molecule has 3 rings (SSSR count). The van der Waals surface area contributed by atoms with Crippen LogP contribution in [0.5, 0.6) is 5.75 Å². The molecule has 0 saturated carbocycles. The number of nitrogens with one attached hydrogen (secondary N) is 1. The lowest BCUT2D eigenvalue weighted by molar-refractivity contribution is -0.274. The van der Waals surface area contributed by atoms with E-state index in [1.54, 1.807) is 6.07 Å². The third-order valence-corrected chi connectivity index (χ3v) is 5.28. The second-order valence-corrected chi connectivity index (χ2v) is 7.45. The van der Waals surface area contributed by atoms with E-state index in [0.717, 1.165) is 49.1 Å². The molecule has 1 aromatic heterocycles. The summed E-state index contributed by atoms with van der Waals surface area (Å²) in [6, 6.07) is 12.1. The van der Waals surface area contributed by atoms with Crippen LogP contribution < -0.4 is 10.1 Å². The smallest absolute Gasteiger partial charge is 0.406 e. The van der Waals surface area contributed by atoms with Gasteiger partial charge in [0.25, 0.3) is 0 Å². The van der Waals surface area contributed by atoms with Gasteiger partial charge in [-0.15, -0.1) is 13.2 Å². The van der Waals surface area contributed by atoms with E-state index in [0.29, 0.717) is 10.9 Å². The number of para-hydroxylation sites is 1. The van der Waals surface area contributed by atoms with E-state index < -0.39 is 6.36 Å². The average molecular weight is 419 g/mol. The van der Waals surface area contributed by atoms with Crippen molar-refractivity contribution in [3.63, 3.8) is 0 Å². The van der Waals surface area contributed by atoms with Crippen molar-refractivity contribution in [2.24, 2.45) is 0 Å². The molecule has 0 spiro atoms. The first-order chi connectivity index (χ1) is 14.3. The maximum Gasteiger partial charge on any atom is 0.573 e. The van der Waals surface area contributed by atoms with Crippen molar-refractivity contribution in [1.29, 1.82) is 0 Å². The van der Waals surface area contributed by atoms with Gasteiger partial charge in [0.2, 0.25) is 0 Å². The highest BCUT2D eigenvalue weighted by atomic mass is 19.4. The Morgan fingerprint density at radius 1 is 1.03 bits per heavy atom. The van der Waals surface area contributed by atoms with Gasteiger partial charge < -0.3 is 15.0 Å². The van der Waals surface area contributed by atoms with Gasteiger partial charge in [0.15, 0.2) is 0 Å². The number of rotatable bonds is 9. The fourth-order valence-electron chi connectivity index (χ4n) is 3.70. The van der Waals surface area contributed by atoms with Crippen LogP contribution in [0.2, 0.25) is 0 Å². The monoisotopic (exact) mass is 419 g/mol. The fraction of sp³-hybridized carbons (Fsp3) is 0.435. The van der Waals surface area contributed by atoms with Gasteiger partial charge in [-0.05, 0) is 63.7 Å². The average Bonchev–Trinajstić information content (AvgIpc) is 2.70. The predicted molar refractivity (Wildman–Crippen MR) is 116 cm³/mol. The summed E-state index contributed by atoms with van der Waals surface area (Å²) in [7, 11) is 0. The van der Waals surface area contributed by atoms with Crippen molar-refractivity contribution >= 4 is 27.5 Å². The summed E-state index contributed by atoms with van der Waals surface area (Å²) >= 11 is 0. The first-order valence-electron chi connectivity index (χ1n) is 10.4. The zero-order chi connectivity index (χ0) is 21.7. The highest BCUT2D eigenvalue weighted by Crippen LogP contribution is 2.35. The summed E-state index contributed by atoms with van der Waals surface area (Å²) in [5.74, 6) is -0.246. The lowest BCUT2D eigenvalue weighted by atomic mass is 10.1. The third kappa shape index (κ3) is 5.53. The van der Waals surface area contributed by atoms with Crippen LogP contribution in [-0.4, -0.2) is 41.9 Å². The molecule has 1 N–H and O–H groups in total. The van der Waals surface area contributed by atoms with Gasteiger partial charge >= 0.3 is 6.36 Å². The quantitative estimate of drug-likeness (QED) is 0.419. The Labute approximate surface area is 175 Å². The van der Waals surface area contributed by atoms with Crippen LogP contribution in [0, 0.1) is 0 Å². The predicted octanol–water partition coefficient (Wildman–Crippen LogP) is 6.21. The lowest BCUT2D eigenvalue weighted by Crippen LogP contribution is -2.25. The molecular formula is C23H28F3N3O. The van der Waals surface area contributed by atoms with Crippen molar-refractivity contribution in [1.82, 2.24) is 9.88 Å². The van der Waals surface area contributed by atoms with Gasteiger partial charge in [-0.3, -0.25) is 0 Å². The summed E-state index contributed by atoms with van der Waals surface area (Å²) in [6.45, 7) is 9.49. The Morgan fingerprint density at radius 2 is 1.73 bits per heavy atom. The zero-order valence-corrected chi connectivity index (χ0v) is 17.6. The van der Waals surface area contributed by atoms with Gasteiger partial charge in [0.1, 0.15) is 5.75 Å². The number of benzene rings is 2. The zero-order valence-electron chi connectivity index (χ0n) is 17.6. The number of halogens is 3. The van der Waals surface area contributed by atoms with Crippen molar-refractivity contribution in [3.05, 3.63) is 42.5 Å². The summed E-state index contributed by atoms with van der Waals surface area (Å²) in [6.07, 6.45) is -2.74. The fourth-order valence-corrected chi connectivity index (χ4v) is 3.70. The van der Waals surface area contributed by atoms with Crippen molar-refractivity contribution in [2.45, 2.75) is 46.0 Å². The second-order valence-electron chi connectivity index (χ2n) is 7.45. The highest BCUT2D eigenvalue weighted by Gasteiger charge is 2.31. The Balaban J connectivity index is 1.92. The minimum absolute atomic E-state index is 0.154. The Hall–Kier alpha value is -2.54. The van der Waals surface area contributed by atoms with E-state index in [9.17, 15) is 13.2 Å². The largest absolute Gasteiger partial charge is 0.573 e. The van der Waals surface area contributed by atoms with E-state index >= 15 is 0 Å². The molecule has 0 aliphatic carbocycles. The Bertz CT molecular complexity index is 986. The van der Waals surface area contributed by atoms with Gasteiger partial charge in [0, 0.05) is 16.8 Å². The molecule has 4 nitrogen and oxygen atoms in total. The number of fused-ring (bicyclic) bond motifs is 2. The molecule has 7 heteroatoms. The summed E-state index contributed by atoms with van der Waals surface area (Å²) in [5, 5.41) is 5.03. The molecule has 0 aliphatic rings. The molecule has 0 bridgehead atoms. The number of alkyl halides is 3. The van der Waals surface area contributed by atoms with E-state index in [1.165, 1.54) is 12.1 Å². The number of hydrogen-bond acceptors (Lipinski definition) is 4. The Kier molecular flexibility index (Phi) is 7.02. The maximum atomic E-state index is 12.7. The third-order valence-electron chi connectivity index (χ3n) is 5.28. The maximum absolute atomic E-state index is 12.7. The normalized spacial score (nSPS) is 13.2. The number of ether oxygens (including phenoxy) is 1.